The topological polar surface area (TPSA) is 54.4 Å². The first-order valence-corrected chi connectivity index (χ1v) is 12.7. The minimum absolute atomic E-state index is 0.0515. The van der Waals surface area contributed by atoms with E-state index in [4.69, 9.17) is 0 Å². The third kappa shape index (κ3) is 3.47. The third-order valence-electron chi connectivity index (χ3n) is 8.11. The number of ketones is 1. The monoisotopic (exact) mass is 470 g/mol. The Kier molecular flexibility index (Phi) is 6.59. The van der Waals surface area contributed by atoms with E-state index in [2.05, 4.69) is 35.9 Å². The lowest BCUT2D eigenvalue weighted by Gasteiger charge is -2.58. The first-order valence-electron chi connectivity index (χ1n) is 10.9. The van der Waals surface area contributed by atoms with E-state index in [9.17, 15) is 14.7 Å². The molecule has 3 unspecified atom stereocenters. The van der Waals surface area contributed by atoms with Crippen LogP contribution in [0.2, 0.25) is 0 Å². The van der Waals surface area contributed by atoms with Crippen molar-refractivity contribution in [3.05, 3.63) is 11.6 Å². The average molecular weight is 472 g/mol. The second-order valence-electron chi connectivity index (χ2n) is 9.39. The summed E-state index contributed by atoms with van der Waals surface area (Å²) in [6.07, 6.45) is 7.55. The fraction of sp³-hybridized carbons (Fsp3) is 0.826. The van der Waals surface area contributed by atoms with Gasteiger partial charge in [0.25, 0.3) is 0 Å². The van der Waals surface area contributed by atoms with Crippen molar-refractivity contribution in [3.8, 4) is 0 Å². The minimum atomic E-state index is -0.459. The Hall–Kier alpha value is -0.130. The van der Waals surface area contributed by atoms with E-state index in [0.29, 0.717) is 17.0 Å². The predicted octanol–water partition coefficient (Wildman–Crippen LogP) is 5.54. The van der Waals surface area contributed by atoms with E-state index >= 15 is 0 Å². The highest BCUT2D eigenvalue weighted by Crippen LogP contribution is 2.64. The van der Waals surface area contributed by atoms with Crippen LogP contribution in [-0.4, -0.2) is 32.2 Å². The summed E-state index contributed by atoms with van der Waals surface area (Å²) in [7, 11) is 0. The van der Waals surface area contributed by atoms with Crippen molar-refractivity contribution in [1.82, 2.24) is 0 Å². The van der Waals surface area contributed by atoms with E-state index in [1.807, 2.05) is 13.8 Å². The molecule has 4 aliphatic rings. The number of allylic oxidation sites excluding steroid dienone is 1. The Labute approximate surface area is 182 Å². The number of Topliss-reactive ketones (excluding diaryl/α,β-unsaturated/α-hetero) is 1. The predicted molar refractivity (Wildman–Crippen MR) is 120 cm³/mol. The zero-order valence-electron chi connectivity index (χ0n) is 17.8. The number of carbonyl (C=O) groups is 2. The van der Waals surface area contributed by atoms with E-state index in [1.165, 1.54) is 17.3 Å². The smallest absolute Gasteiger partial charge is 0.186 e. The van der Waals surface area contributed by atoms with Gasteiger partial charge < -0.3 is 5.11 Å². The molecule has 0 amide bonds. The van der Waals surface area contributed by atoms with Gasteiger partial charge in [-0.15, -0.1) is 0 Å². The van der Waals surface area contributed by atoms with Gasteiger partial charge in [0.05, 0.1) is 10.9 Å². The van der Waals surface area contributed by atoms with Gasteiger partial charge in [0.15, 0.2) is 10.9 Å². The van der Waals surface area contributed by atoms with Gasteiger partial charge in [-0.2, -0.15) is 0 Å². The molecular formula is C23H35BrO3S. The molecule has 0 bridgehead atoms. The van der Waals surface area contributed by atoms with E-state index in [0.717, 1.165) is 38.5 Å². The van der Waals surface area contributed by atoms with Crippen LogP contribution in [0.15, 0.2) is 11.6 Å². The molecule has 0 aromatic rings. The maximum absolute atomic E-state index is 12.8. The van der Waals surface area contributed by atoms with Gasteiger partial charge in [-0.1, -0.05) is 67.0 Å². The molecule has 0 aromatic heterocycles. The molecule has 5 heteroatoms. The number of thioether (sulfide) groups is 1. The zero-order valence-corrected chi connectivity index (χ0v) is 20.2. The fourth-order valence-electron chi connectivity index (χ4n) is 6.71. The van der Waals surface area contributed by atoms with Crippen molar-refractivity contribution in [1.29, 1.82) is 0 Å². The highest BCUT2D eigenvalue weighted by Gasteiger charge is 2.62. The summed E-state index contributed by atoms with van der Waals surface area (Å²) in [5.41, 5.74) is 1.20. The number of halogens is 1. The van der Waals surface area contributed by atoms with Gasteiger partial charge >= 0.3 is 0 Å². The molecule has 3 fully saturated rings. The summed E-state index contributed by atoms with van der Waals surface area (Å²) in [5.74, 6) is 1.25. The largest absolute Gasteiger partial charge is 0.389 e. The van der Waals surface area contributed by atoms with Crippen molar-refractivity contribution in [2.75, 3.05) is 0 Å². The lowest BCUT2D eigenvalue weighted by molar-refractivity contribution is -0.134. The average Bonchev–Trinajstić information content (AvgIpc) is 2.88. The molecule has 0 spiro atoms. The lowest BCUT2D eigenvalue weighted by atomic mass is 9.47. The highest BCUT2D eigenvalue weighted by molar-refractivity contribution is 9.10. The van der Waals surface area contributed by atoms with Crippen LogP contribution in [0.1, 0.15) is 73.1 Å². The molecule has 0 radical (unpaired) electrons. The van der Waals surface area contributed by atoms with Crippen LogP contribution in [0.4, 0.5) is 0 Å². The number of hydrogen-bond donors (Lipinski definition) is 1. The van der Waals surface area contributed by atoms with Crippen LogP contribution >= 0.6 is 27.7 Å². The van der Waals surface area contributed by atoms with Crippen molar-refractivity contribution >= 4 is 38.6 Å². The quantitative estimate of drug-likeness (QED) is 0.403. The second kappa shape index (κ2) is 8.19. The maximum atomic E-state index is 12.8. The normalized spacial score (nSPS) is 47.1. The number of rotatable bonds is 1. The van der Waals surface area contributed by atoms with Gasteiger partial charge in [-0.05, 0) is 61.7 Å². The number of aliphatic hydroxyl groups is 1. The molecular weight excluding hydrogens is 436 g/mol. The Morgan fingerprint density at radius 3 is 2.46 bits per heavy atom. The Morgan fingerprint density at radius 2 is 1.82 bits per heavy atom. The van der Waals surface area contributed by atoms with Crippen molar-refractivity contribution < 1.29 is 14.7 Å². The SMILES string of the molecule is CC.CC(=O)S[C@H]1CC[C@@]2(C)C(=C[C@H](O)C3C2CC[C@]2(C)C(=O)[C@H](Br)CC32)C1. The van der Waals surface area contributed by atoms with Gasteiger partial charge in [-0.3, -0.25) is 9.59 Å². The highest BCUT2D eigenvalue weighted by atomic mass is 79.9. The van der Waals surface area contributed by atoms with Crippen LogP contribution in [-0.2, 0) is 9.59 Å². The van der Waals surface area contributed by atoms with Gasteiger partial charge in [0.2, 0.25) is 0 Å². The van der Waals surface area contributed by atoms with Gasteiger partial charge in [0.1, 0.15) is 0 Å². The molecule has 0 aromatic carbocycles. The maximum Gasteiger partial charge on any atom is 0.186 e. The first-order chi connectivity index (χ1) is 13.2. The summed E-state index contributed by atoms with van der Waals surface area (Å²) in [5, 5.41) is 11.6. The minimum Gasteiger partial charge on any atom is -0.389 e. The Balaban J connectivity index is 0.00000109. The summed E-state index contributed by atoms with van der Waals surface area (Å²) < 4.78 is 0. The summed E-state index contributed by atoms with van der Waals surface area (Å²) in [4.78, 5) is 24.2. The third-order valence-corrected chi connectivity index (χ3v) is 9.97. The lowest BCUT2D eigenvalue weighted by Crippen LogP contribution is -2.54. The fourth-order valence-corrected chi connectivity index (χ4v) is 8.60. The van der Waals surface area contributed by atoms with Crippen LogP contribution < -0.4 is 0 Å². The number of hydrogen-bond acceptors (Lipinski definition) is 4. The number of carbonyl (C=O) groups excluding carboxylic acids is 2. The molecule has 4 aliphatic carbocycles. The molecule has 3 nitrogen and oxygen atoms in total. The Bertz CT molecular complexity index is 677. The van der Waals surface area contributed by atoms with Crippen LogP contribution in [0.25, 0.3) is 0 Å². The van der Waals surface area contributed by atoms with Crippen LogP contribution in [0, 0.1) is 28.6 Å². The summed E-state index contributed by atoms with van der Waals surface area (Å²) in [6, 6.07) is 0. The van der Waals surface area contributed by atoms with E-state index in [1.54, 1.807) is 6.92 Å². The number of fused-ring (bicyclic) bond motifs is 5. The molecule has 1 N–H and O–H groups in total. The molecule has 28 heavy (non-hydrogen) atoms. The van der Waals surface area contributed by atoms with Crippen molar-refractivity contribution in [2.24, 2.45) is 28.6 Å². The van der Waals surface area contributed by atoms with Crippen LogP contribution in [0.5, 0.6) is 0 Å². The van der Waals surface area contributed by atoms with Gasteiger partial charge in [-0.25, -0.2) is 0 Å². The molecule has 0 heterocycles. The molecule has 8 atom stereocenters. The van der Waals surface area contributed by atoms with Crippen molar-refractivity contribution in [2.45, 2.75) is 89.3 Å². The number of aliphatic hydroxyl groups excluding tert-OH is 1. The standard InChI is InChI=1S/C21H29BrO3S.C2H6/c1-11(23)26-13-4-6-20(2)12(8-13)9-17(24)18-14(20)5-7-21(3)15(18)10-16(22)19(21)25;1-2/h9,13-18,24H,4-8,10H2,1-3H3;1-2H3/t13-,14?,15?,16+,17-,18?,20-,21-;/m0./s1. The van der Waals surface area contributed by atoms with E-state index < -0.39 is 6.10 Å². The zero-order chi connectivity index (χ0) is 20.9. The summed E-state index contributed by atoms with van der Waals surface area (Å²) >= 11 is 5.06. The first kappa shape index (κ1) is 22.6. The molecule has 0 aliphatic heterocycles. The number of alkyl halides is 1. The second-order valence-corrected chi connectivity index (χ2v) is 12.0. The molecule has 3 saturated carbocycles. The van der Waals surface area contributed by atoms with Crippen LogP contribution in [0.3, 0.4) is 0 Å². The van der Waals surface area contributed by atoms with E-state index in [-0.39, 0.29) is 32.6 Å². The van der Waals surface area contributed by atoms with Crippen molar-refractivity contribution in [3.63, 3.8) is 0 Å². The van der Waals surface area contributed by atoms with Gasteiger partial charge in [0, 0.05) is 17.6 Å². The Morgan fingerprint density at radius 1 is 1.18 bits per heavy atom. The molecule has 158 valence electrons. The molecule has 4 rings (SSSR count). The summed E-state index contributed by atoms with van der Waals surface area (Å²) in [6.45, 7) is 10.2. The molecule has 0 saturated heterocycles.